The molecule has 0 aliphatic heterocycles. The fourth-order valence-corrected chi connectivity index (χ4v) is 4.62. The number of hydrogen-bond donors (Lipinski definition) is 0. The third-order valence-electron chi connectivity index (χ3n) is 3.91. The molecule has 0 saturated carbocycles. The second-order valence-electron chi connectivity index (χ2n) is 5.57. The van der Waals surface area contributed by atoms with Gasteiger partial charge >= 0.3 is 8.56 Å². The van der Waals surface area contributed by atoms with Crippen LogP contribution in [0.3, 0.4) is 0 Å². The third-order valence-corrected chi connectivity index (χ3v) is 7.48. The molecule has 1 atom stereocenters. The first-order valence-corrected chi connectivity index (χ1v) is 10.2. The summed E-state index contributed by atoms with van der Waals surface area (Å²) >= 11 is 0. The van der Waals surface area contributed by atoms with Crippen LogP contribution >= 0.6 is 0 Å². The molecule has 122 valence electrons. The van der Waals surface area contributed by atoms with Crippen molar-refractivity contribution in [3.63, 3.8) is 0 Å². The van der Waals surface area contributed by atoms with E-state index in [-0.39, 0.29) is 0 Å². The number of rotatable bonds is 13. The molecule has 0 aromatic rings. The average molecular weight is 306 g/mol. The van der Waals surface area contributed by atoms with Crippen molar-refractivity contribution in [1.29, 1.82) is 0 Å². The zero-order valence-corrected chi connectivity index (χ0v) is 15.4. The first-order chi connectivity index (χ1) is 9.53. The molecular weight excluding hydrogens is 270 g/mol. The Balaban J connectivity index is 4.10. The SMILES string of the molecule is CCCN(C)CCC[Si](CCOC(C)CC)(OC)OC. The number of ether oxygens (including phenoxy) is 1. The lowest BCUT2D eigenvalue weighted by molar-refractivity contribution is 0.0677. The molecule has 0 fully saturated rings. The molecular formula is C15H35NO3Si. The Morgan fingerprint density at radius 3 is 2.20 bits per heavy atom. The van der Waals surface area contributed by atoms with Crippen LogP contribution in [0.5, 0.6) is 0 Å². The first-order valence-electron chi connectivity index (χ1n) is 7.94. The maximum Gasteiger partial charge on any atom is 0.339 e. The predicted molar refractivity (Wildman–Crippen MR) is 87.5 cm³/mol. The van der Waals surface area contributed by atoms with E-state index >= 15 is 0 Å². The molecule has 0 bridgehead atoms. The van der Waals surface area contributed by atoms with Gasteiger partial charge in [0, 0.05) is 26.9 Å². The van der Waals surface area contributed by atoms with E-state index in [1.807, 2.05) is 0 Å². The summed E-state index contributed by atoms with van der Waals surface area (Å²) in [4.78, 5) is 2.38. The molecule has 0 aliphatic carbocycles. The largest absolute Gasteiger partial charge is 0.398 e. The highest BCUT2D eigenvalue weighted by molar-refractivity contribution is 6.67. The first kappa shape index (κ1) is 20.1. The summed E-state index contributed by atoms with van der Waals surface area (Å²) in [6, 6.07) is 1.96. The molecule has 0 aliphatic rings. The summed E-state index contributed by atoms with van der Waals surface area (Å²) in [6.45, 7) is 9.49. The van der Waals surface area contributed by atoms with Crippen LogP contribution in [0.15, 0.2) is 0 Å². The molecule has 20 heavy (non-hydrogen) atoms. The van der Waals surface area contributed by atoms with Gasteiger partial charge in [0.05, 0.1) is 6.10 Å². The van der Waals surface area contributed by atoms with E-state index in [0.29, 0.717) is 6.10 Å². The lowest BCUT2D eigenvalue weighted by atomic mass is 10.3. The van der Waals surface area contributed by atoms with E-state index in [9.17, 15) is 0 Å². The van der Waals surface area contributed by atoms with Crippen LogP contribution in [0.1, 0.15) is 40.0 Å². The van der Waals surface area contributed by atoms with Crippen LogP contribution in [0, 0.1) is 0 Å². The van der Waals surface area contributed by atoms with Gasteiger partial charge in [-0.05, 0) is 52.4 Å². The van der Waals surface area contributed by atoms with E-state index in [2.05, 4.69) is 32.7 Å². The van der Waals surface area contributed by atoms with E-state index in [1.54, 1.807) is 14.2 Å². The van der Waals surface area contributed by atoms with E-state index in [4.69, 9.17) is 13.6 Å². The van der Waals surface area contributed by atoms with Gasteiger partial charge in [0.25, 0.3) is 0 Å². The summed E-state index contributed by atoms with van der Waals surface area (Å²) in [7, 11) is 3.69. The zero-order chi connectivity index (χ0) is 15.4. The minimum Gasteiger partial charge on any atom is -0.398 e. The Kier molecular flexibility index (Phi) is 11.7. The van der Waals surface area contributed by atoms with E-state index in [0.717, 1.165) is 44.6 Å². The summed E-state index contributed by atoms with van der Waals surface area (Å²) in [6.07, 6.45) is 3.71. The molecule has 0 aromatic carbocycles. The quantitative estimate of drug-likeness (QED) is 0.489. The van der Waals surface area contributed by atoms with Crippen LogP contribution < -0.4 is 0 Å². The van der Waals surface area contributed by atoms with Gasteiger partial charge < -0.3 is 18.5 Å². The summed E-state index contributed by atoms with van der Waals surface area (Å²) in [5.41, 5.74) is 0. The molecule has 1 unspecified atom stereocenters. The highest BCUT2D eigenvalue weighted by atomic mass is 28.4. The Labute approximate surface area is 127 Å². The van der Waals surface area contributed by atoms with Gasteiger partial charge in [-0.1, -0.05) is 13.8 Å². The van der Waals surface area contributed by atoms with Gasteiger partial charge in [-0.15, -0.1) is 0 Å². The molecule has 4 nitrogen and oxygen atoms in total. The van der Waals surface area contributed by atoms with Crippen LogP contribution in [0.4, 0.5) is 0 Å². The molecule has 5 heteroatoms. The topological polar surface area (TPSA) is 30.9 Å². The van der Waals surface area contributed by atoms with E-state index in [1.165, 1.54) is 6.42 Å². The highest BCUT2D eigenvalue weighted by Gasteiger charge is 2.34. The van der Waals surface area contributed by atoms with Crippen molar-refractivity contribution in [2.24, 2.45) is 0 Å². The second kappa shape index (κ2) is 11.7. The van der Waals surface area contributed by atoms with Gasteiger partial charge in [0.15, 0.2) is 0 Å². The van der Waals surface area contributed by atoms with Crippen molar-refractivity contribution in [2.75, 3.05) is 41.0 Å². The normalized spacial score (nSPS) is 13.9. The highest BCUT2D eigenvalue weighted by Crippen LogP contribution is 2.20. The van der Waals surface area contributed by atoms with Gasteiger partial charge in [-0.3, -0.25) is 0 Å². The van der Waals surface area contributed by atoms with Crippen LogP contribution in [0.25, 0.3) is 0 Å². The number of hydrogen-bond acceptors (Lipinski definition) is 4. The molecule has 0 heterocycles. The fraction of sp³-hybridized carbons (Fsp3) is 1.00. The third kappa shape index (κ3) is 8.37. The van der Waals surface area contributed by atoms with Gasteiger partial charge in [0.2, 0.25) is 0 Å². The lowest BCUT2D eigenvalue weighted by Crippen LogP contribution is -2.42. The average Bonchev–Trinajstić information content (AvgIpc) is 2.45. The van der Waals surface area contributed by atoms with Crippen molar-refractivity contribution in [3.05, 3.63) is 0 Å². The van der Waals surface area contributed by atoms with E-state index < -0.39 is 8.56 Å². The van der Waals surface area contributed by atoms with Gasteiger partial charge in [-0.25, -0.2) is 0 Å². The van der Waals surface area contributed by atoms with Crippen molar-refractivity contribution < 1.29 is 13.6 Å². The summed E-state index contributed by atoms with van der Waals surface area (Å²) < 4.78 is 17.3. The number of nitrogens with zero attached hydrogens (tertiary/aromatic N) is 1. The molecule has 0 saturated heterocycles. The second-order valence-corrected chi connectivity index (χ2v) is 9.20. The van der Waals surface area contributed by atoms with Gasteiger partial charge in [-0.2, -0.15) is 0 Å². The molecule has 0 radical (unpaired) electrons. The van der Waals surface area contributed by atoms with Crippen LogP contribution in [-0.2, 0) is 13.6 Å². The Hall–Kier alpha value is 0.0569. The van der Waals surface area contributed by atoms with Crippen LogP contribution in [-0.4, -0.2) is 60.5 Å². The van der Waals surface area contributed by atoms with Crippen molar-refractivity contribution in [1.82, 2.24) is 4.90 Å². The molecule has 0 rings (SSSR count). The zero-order valence-electron chi connectivity index (χ0n) is 14.4. The standard InChI is InChI=1S/C15H35NO3Si/c1-7-10-16(4)11-9-13-20(17-5,18-6)14-12-19-15(3)8-2/h15H,7-14H2,1-6H3. The molecule has 0 amide bonds. The molecule has 0 spiro atoms. The predicted octanol–water partition coefficient (Wildman–Crippen LogP) is 3.27. The Morgan fingerprint density at radius 2 is 1.70 bits per heavy atom. The van der Waals surface area contributed by atoms with Crippen molar-refractivity contribution in [3.8, 4) is 0 Å². The molecule has 0 N–H and O–H groups in total. The van der Waals surface area contributed by atoms with Gasteiger partial charge in [0.1, 0.15) is 0 Å². The fourth-order valence-electron chi connectivity index (χ4n) is 2.26. The molecule has 0 aromatic heterocycles. The van der Waals surface area contributed by atoms with Crippen LogP contribution in [0.2, 0.25) is 12.1 Å². The maximum atomic E-state index is 5.78. The minimum atomic E-state index is -2.06. The Bertz CT molecular complexity index is 225. The smallest absolute Gasteiger partial charge is 0.339 e. The summed E-state index contributed by atoms with van der Waals surface area (Å²) in [5.74, 6) is 0. The van der Waals surface area contributed by atoms with Crippen molar-refractivity contribution in [2.45, 2.75) is 58.2 Å². The Morgan fingerprint density at radius 1 is 1.05 bits per heavy atom. The monoisotopic (exact) mass is 305 g/mol. The lowest BCUT2D eigenvalue weighted by Gasteiger charge is -2.28. The summed E-state index contributed by atoms with van der Waals surface area (Å²) in [5, 5.41) is 0. The maximum absolute atomic E-state index is 5.78. The van der Waals surface area contributed by atoms with Crippen molar-refractivity contribution >= 4 is 8.56 Å². The minimum absolute atomic E-state index is 0.325.